The van der Waals surface area contributed by atoms with Crippen LogP contribution in [-0.4, -0.2) is 41.5 Å². The highest BCUT2D eigenvalue weighted by atomic mass is 32.2. The van der Waals surface area contributed by atoms with E-state index in [0.29, 0.717) is 23.7 Å². The highest BCUT2D eigenvalue weighted by Gasteiger charge is 2.41. The first kappa shape index (κ1) is 34.1. The molecule has 8 nitrogen and oxygen atoms in total. The number of aromatic nitrogens is 1. The number of carbonyl (C=O) groups excluding carboxylic acids is 1. The average molecular weight is 654 g/mol. The molecule has 0 saturated carbocycles. The van der Waals surface area contributed by atoms with Gasteiger partial charge in [0.05, 0.1) is 35.0 Å². The molecule has 0 bridgehead atoms. The third-order valence-corrected chi connectivity index (χ3v) is 10.1. The van der Waals surface area contributed by atoms with Gasteiger partial charge in [0, 0.05) is 31.7 Å². The zero-order valence-corrected chi connectivity index (χ0v) is 29.3. The van der Waals surface area contributed by atoms with Crippen molar-refractivity contribution < 1.29 is 14.3 Å². The van der Waals surface area contributed by atoms with Crippen LogP contribution in [0.1, 0.15) is 67.9 Å². The third kappa shape index (κ3) is 7.36. The maximum atomic E-state index is 14.2. The molecule has 1 amide bonds. The quantitative estimate of drug-likeness (QED) is 0.110. The number of pyridine rings is 1. The Morgan fingerprint density at radius 1 is 1.15 bits per heavy atom. The minimum Gasteiger partial charge on any atom is -0.494 e. The minimum atomic E-state index is -0.901. The van der Waals surface area contributed by atoms with Crippen molar-refractivity contribution in [2.45, 2.75) is 71.4 Å². The van der Waals surface area contributed by atoms with Gasteiger partial charge in [-0.2, -0.15) is 0 Å². The standard InChI is InChI=1S/C38H47N5O3S/c1-8-29-23-43(47-33-15-11-10-14-31(33)46-29)22-27-19-26(17-16-24(27)3)34(38(5,6)37(44)42-28-13-12-18-40-21-28)30-20-32(45-7)36(41-9-2)35(39)25(30)4/h10-21,29,34,41H,8-9,22-23,39H2,1-7H3,(H,42,44)/t29-,34?/m1/s1. The fourth-order valence-electron chi connectivity index (χ4n) is 6.25. The summed E-state index contributed by atoms with van der Waals surface area (Å²) in [6, 6.07) is 20.5. The minimum absolute atomic E-state index is 0.0887. The molecule has 1 unspecified atom stereocenters. The smallest absolute Gasteiger partial charge is 0.231 e. The lowest BCUT2D eigenvalue weighted by atomic mass is 9.69. The number of nitrogen functional groups attached to an aromatic ring is 1. The van der Waals surface area contributed by atoms with Crippen LogP contribution < -0.4 is 25.8 Å². The Morgan fingerprint density at radius 2 is 1.94 bits per heavy atom. The summed E-state index contributed by atoms with van der Waals surface area (Å²) in [6.07, 6.45) is 4.36. The number of hydrogen-bond donors (Lipinski definition) is 3. The maximum Gasteiger partial charge on any atom is 0.231 e. The summed E-state index contributed by atoms with van der Waals surface area (Å²) >= 11 is 1.74. The van der Waals surface area contributed by atoms with Gasteiger partial charge in [-0.1, -0.05) is 51.1 Å². The summed E-state index contributed by atoms with van der Waals surface area (Å²) in [7, 11) is 1.65. The van der Waals surface area contributed by atoms with Crippen LogP contribution in [0.2, 0.25) is 0 Å². The molecule has 0 saturated heterocycles. The zero-order valence-electron chi connectivity index (χ0n) is 28.5. The summed E-state index contributed by atoms with van der Waals surface area (Å²) in [6.45, 7) is 14.6. The number of fused-ring (bicyclic) bond motifs is 1. The SMILES string of the molecule is CCNc1c(OC)cc(C(c2ccc(C)c(CN3C[C@@H](CC)Oc4ccccc4S3)c2)C(C)(C)C(=O)Nc2cccnc2)c(C)c1N. The van der Waals surface area contributed by atoms with E-state index in [2.05, 4.69) is 64.1 Å². The Labute approximate surface area is 283 Å². The number of hydrogen-bond acceptors (Lipinski definition) is 8. The fourth-order valence-corrected chi connectivity index (χ4v) is 7.31. The molecule has 1 aliphatic rings. The van der Waals surface area contributed by atoms with Gasteiger partial charge in [-0.3, -0.25) is 9.78 Å². The number of carbonyl (C=O) groups is 1. The summed E-state index contributed by atoms with van der Waals surface area (Å²) in [5.74, 6) is 1.11. The van der Waals surface area contributed by atoms with Crippen molar-refractivity contribution in [3.8, 4) is 11.5 Å². The summed E-state index contributed by atoms with van der Waals surface area (Å²) < 4.78 is 14.6. The topological polar surface area (TPSA) is 102 Å². The van der Waals surface area contributed by atoms with E-state index in [9.17, 15) is 4.79 Å². The number of rotatable bonds is 11. The van der Waals surface area contributed by atoms with E-state index >= 15 is 0 Å². The van der Waals surface area contributed by atoms with Crippen molar-refractivity contribution in [1.82, 2.24) is 9.29 Å². The molecule has 0 spiro atoms. The number of aryl methyl sites for hydroxylation is 1. The van der Waals surface area contributed by atoms with Gasteiger partial charge < -0.3 is 25.8 Å². The van der Waals surface area contributed by atoms with Crippen LogP contribution in [0.4, 0.5) is 17.1 Å². The van der Waals surface area contributed by atoms with Crippen molar-refractivity contribution in [1.29, 1.82) is 0 Å². The summed E-state index contributed by atoms with van der Waals surface area (Å²) in [5, 5.41) is 6.48. The van der Waals surface area contributed by atoms with Gasteiger partial charge in [0.25, 0.3) is 0 Å². The number of nitrogens with zero attached hydrogens (tertiary/aromatic N) is 2. The second-order valence-corrected chi connectivity index (χ2v) is 13.8. The lowest BCUT2D eigenvalue weighted by Gasteiger charge is -2.36. The summed E-state index contributed by atoms with van der Waals surface area (Å²) in [5.41, 5.74) is 13.2. The number of nitrogens with two attached hydrogens (primary N) is 1. The first-order valence-corrected chi connectivity index (χ1v) is 17.0. The number of nitrogens with one attached hydrogen (secondary N) is 2. The van der Waals surface area contributed by atoms with E-state index in [1.54, 1.807) is 31.5 Å². The number of anilines is 3. The van der Waals surface area contributed by atoms with Gasteiger partial charge >= 0.3 is 0 Å². The van der Waals surface area contributed by atoms with Crippen LogP contribution in [0.5, 0.6) is 11.5 Å². The Kier molecular flexibility index (Phi) is 10.7. The number of ether oxygens (including phenoxy) is 2. The molecule has 47 heavy (non-hydrogen) atoms. The molecule has 4 aromatic rings. The molecular formula is C38H47N5O3S. The van der Waals surface area contributed by atoms with Crippen molar-refractivity contribution in [3.63, 3.8) is 0 Å². The van der Waals surface area contributed by atoms with Crippen LogP contribution in [0.3, 0.4) is 0 Å². The molecule has 9 heteroatoms. The normalized spacial score (nSPS) is 15.6. The third-order valence-electron chi connectivity index (χ3n) is 9.04. The van der Waals surface area contributed by atoms with E-state index in [1.165, 1.54) is 11.1 Å². The van der Waals surface area contributed by atoms with Crippen molar-refractivity contribution >= 4 is 34.9 Å². The van der Waals surface area contributed by atoms with Crippen LogP contribution in [0.25, 0.3) is 0 Å². The van der Waals surface area contributed by atoms with Crippen molar-refractivity contribution in [2.75, 3.05) is 36.6 Å². The molecule has 1 aliphatic heterocycles. The van der Waals surface area contributed by atoms with Gasteiger partial charge in [0.15, 0.2) is 0 Å². The van der Waals surface area contributed by atoms with Crippen molar-refractivity contribution in [2.24, 2.45) is 5.41 Å². The fraction of sp³-hybridized carbons (Fsp3) is 0.368. The molecule has 0 radical (unpaired) electrons. The molecule has 248 valence electrons. The van der Waals surface area contributed by atoms with E-state index in [1.807, 2.05) is 58.0 Å². The Morgan fingerprint density at radius 3 is 2.64 bits per heavy atom. The van der Waals surface area contributed by atoms with Crippen LogP contribution >= 0.6 is 11.9 Å². The van der Waals surface area contributed by atoms with Crippen LogP contribution in [0.15, 0.2) is 78.0 Å². The molecule has 0 aliphatic carbocycles. The summed E-state index contributed by atoms with van der Waals surface area (Å²) in [4.78, 5) is 19.5. The van der Waals surface area contributed by atoms with Crippen LogP contribution in [0, 0.1) is 19.3 Å². The number of para-hydroxylation sites is 1. The molecule has 5 rings (SSSR count). The van der Waals surface area contributed by atoms with E-state index in [4.69, 9.17) is 15.2 Å². The highest BCUT2D eigenvalue weighted by Crippen LogP contribution is 2.48. The predicted octanol–water partition coefficient (Wildman–Crippen LogP) is 8.20. The monoisotopic (exact) mass is 653 g/mol. The average Bonchev–Trinajstić information content (AvgIpc) is 3.25. The number of methoxy groups -OCH3 is 1. The molecule has 2 atom stereocenters. The molecule has 1 aromatic heterocycles. The van der Waals surface area contributed by atoms with E-state index in [0.717, 1.165) is 52.5 Å². The van der Waals surface area contributed by atoms with Gasteiger partial charge in [0.2, 0.25) is 5.91 Å². The molecule has 0 fully saturated rings. The first-order valence-electron chi connectivity index (χ1n) is 16.3. The largest absolute Gasteiger partial charge is 0.494 e. The maximum absolute atomic E-state index is 14.2. The van der Waals surface area contributed by atoms with E-state index < -0.39 is 5.41 Å². The predicted molar refractivity (Wildman–Crippen MR) is 193 cm³/mol. The molecular weight excluding hydrogens is 607 g/mol. The van der Waals surface area contributed by atoms with Crippen molar-refractivity contribution in [3.05, 3.63) is 101 Å². The number of amides is 1. The Balaban J connectivity index is 1.60. The second kappa shape index (κ2) is 14.7. The van der Waals surface area contributed by atoms with Gasteiger partial charge in [-0.25, -0.2) is 4.31 Å². The first-order chi connectivity index (χ1) is 22.6. The molecule has 4 N–H and O–H groups in total. The second-order valence-electron chi connectivity index (χ2n) is 12.7. The lowest BCUT2D eigenvalue weighted by Crippen LogP contribution is -2.37. The van der Waals surface area contributed by atoms with Gasteiger partial charge in [-0.15, -0.1) is 0 Å². The van der Waals surface area contributed by atoms with E-state index in [-0.39, 0.29) is 17.9 Å². The van der Waals surface area contributed by atoms with Crippen LogP contribution in [-0.2, 0) is 11.3 Å². The Hall–Kier alpha value is -4.21. The highest BCUT2D eigenvalue weighted by molar-refractivity contribution is 7.97. The van der Waals surface area contributed by atoms with Gasteiger partial charge in [-0.05, 0) is 97.3 Å². The molecule has 3 aromatic carbocycles. The number of benzene rings is 3. The lowest BCUT2D eigenvalue weighted by molar-refractivity contribution is -0.124. The Bertz CT molecular complexity index is 1710. The zero-order chi connectivity index (χ0) is 33.7. The molecule has 2 heterocycles. The van der Waals surface area contributed by atoms with Gasteiger partial charge in [0.1, 0.15) is 23.3 Å².